The Morgan fingerprint density at radius 2 is 0.472 bits per heavy atom. The highest BCUT2D eigenvalue weighted by molar-refractivity contribution is 7.47. The minimum Gasteiger partial charge on any atom is -0.462 e. The number of rotatable bonds is 87. The highest BCUT2D eigenvalue weighted by Gasteiger charge is 2.31. The number of aliphatic hydroxyl groups is 1. The predicted octanol–water partition coefficient (Wildman–Crippen LogP) is 27.3. The first-order valence-corrected chi connectivity index (χ1v) is 48.9. The largest absolute Gasteiger partial charge is 0.472 e. The number of hydrogen-bond acceptors (Lipinski definition) is 15. The summed E-state index contributed by atoms with van der Waals surface area (Å²) in [4.78, 5) is 73.1. The number of hydrogen-bond donors (Lipinski definition) is 3. The number of aliphatic hydroxyl groups excluding tert-OH is 1. The van der Waals surface area contributed by atoms with E-state index >= 15 is 0 Å². The molecule has 6 atom stereocenters. The van der Waals surface area contributed by atoms with Crippen molar-refractivity contribution in [2.75, 3.05) is 39.6 Å². The molecule has 0 aromatic heterocycles. The standard InChI is InChI=1S/C89H174O17P2/c1-8-10-11-12-46-56-63-70-86(91)99-76-84(105-88(93)72-66-59-52-45-39-33-27-21-23-29-35-41-48-54-61-68-81(5)6)78-103-107(95,96)101-74-83(90)75-102-108(97,98)104-79-85(77-100-87(92)71-64-57-50-43-37-31-25-19-15-13-17-22-28-34-40-47-53-60-67-80(3)4)106-89(94)73-65-58-51-44-38-32-26-20-16-14-18-24-30-36-42-49-55-62-69-82(7)9-2/h80-85,90H,8-79H2,1-7H3,(H,95,96)(H,97,98)/t82?,83-,84+,85+/m0/s1. The van der Waals surface area contributed by atoms with Gasteiger partial charge in [0.25, 0.3) is 0 Å². The van der Waals surface area contributed by atoms with E-state index < -0.39 is 97.5 Å². The van der Waals surface area contributed by atoms with Crippen molar-refractivity contribution in [1.82, 2.24) is 0 Å². The zero-order valence-electron chi connectivity index (χ0n) is 71.3. The van der Waals surface area contributed by atoms with E-state index in [-0.39, 0.29) is 25.7 Å². The van der Waals surface area contributed by atoms with Gasteiger partial charge in [0.2, 0.25) is 0 Å². The molecule has 3 N–H and O–H groups in total. The molecule has 0 bridgehead atoms. The van der Waals surface area contributed by atoms with Crippen LogP contribution in [0.1, 0.15) is 472 Å². The number of carbonyl (C=O) groups is 4. The third kappa shape index (κ3) is 80.7. The van der Waals surface area contributed by atoms with Crippen LogP contribution in [-0.2, 0) is 65.4 Å². The molecule has 0 aliphatic rings. The van der Waals surface area contributed by atoms with Gasteiger partial charge >= 0.3 is 39.5 Å². The van der Waals surface area contributed by atoms with Crippen molar-refractivity contribution in [3.8, 4) is 0 Å². The van der Waals surface area contributed by atoms with E-state index in [4.69, 9.17) is 37.0 Å². The lowest BCUT2D eigenvalue weighted by Crippen LogP contribution is -2.30. The summed E-state index contributed by atoms with van der Waals surface area (Å²) < 4.78 is 68.8. The maximum Gasteiger partial charge on any atom is 0.472 e. The smallest absolute Gasteiger partial charge is 0.462 e. The van der Waals surface area contributed by atoms with Gasteiger partial charge in [-0.1, -0.05) is 421 Å². The molecule has 0 spiro atoms. The zero-order chi connectivity index (χ0) is 79.3. The highest BCUT2D eigenvalue weighted by Crippen LogP contribution is 2.45. The second-order valence-corrected chi connectivity index (χ2v) is 36.1. The van der Waals surface area contributed by atoms with Crippen LogP contribution in [0.5, 0.6) is 0 Å². The Hall–Kier alpha value is -1.94. The van der Waals surface area contributed by atoms with Crippen molar-refractivity contribution >= 4 is 39.5 Å². The summed E-state index contributed by atoms with van der Waals surface area (Å²) in [7, 11) is -9.93. The Morgan fingerprint density at radius 1 is 0.269 bits per heavy atom. The maximum atomic E-state index is 13.2. The normalized spacial score (nSPS) is 14.1. The van der Waals surface area contributed by atoms with Gasteiger partial charge in [0.15, 0.2) is 12.2 Å². The molecule has 0 saturated carbocycles. The van der Waals surface area contributed by atoms with Crippen LogP contribution in [0.15, 0.2) is 0 Å². The molecule has 0 fully saturated rings. The van der Waals surface area contributed by atoms with Crippen LogP contribution in [0.3, 0.4) is 0 Å². The fourth-order valence-corrected chi connectivity index (χ4v) is 15.4. The Labute approximate surface area is 664 Å². The van der Waals surface area contributed by atoms with Crippen molar-refractivity contribution in [2.24, 2.45) is 17.8 Å². The highest BCUT2D eigenvalue weighted by atomic mass is 31.2. The van der Waals surface area contributed by atoms with Crippen molar-refractivity contribution < 1.29 is 80.2 Å². The molecule has 19 heteroatoms. The summed E-state index contributed by atoms with van der Waals surface area (Å²) in [6, 6.07) is 0. The van der Waals surface area contributed by atoms with Crippen LogP contribution >= 0.6 is 15.6 Å². The molecule has 0 aromatic rings. The number of phosphoric ester groups is 2. The van der Waals surface area contributed by atoms with Crippen LogP contribution in [0.2, 0.25) is 0 Å². The molecular weight excluding hydrogens is 1400 g/mol. The third-order valence-electron chi connectivity index (χ3n) is 21.2. The van der Waals surface area contributed by atoms with E-state index in [1.165, 1.54) is 270 Å². The molecule has 0 radical (unpaired) electrons. The van der Waals surface area contributed by atoms with Crippen LogP contribution < -0.4 is 0 Å². The van der Waals surface area contributed by atoms with Crippen molar-refractivity contribution in [3.63, 3.8) is 0 Å². The average Bonchev–Trinajstić information content (AvgIpc) is 0.899. The van der Waals surface area contributed by atoms with Crippen molar-refractivity contribution in [1.29, 1.82) is 0 Å². The zero-order valence-corrected chi connectivity index (χ0v) is 73.1. The number of esters is 4. The Balaban J connectivity index is 5.15. The van der Waals surface area contributed by atoms with Gasteiger partial charge in [-0.25, -0.2) is 9.13 Å². The fourth-order valence-electron chi connectivity index (χ4n) is 13.9. The Kier molecular flexibility index (Phi) is 77.5. The topological polar surface area (TPSA) is 237 Å². The number of phosphoric acid groups is 2. The van der Waals surface area contributed by atoms with Gasteiger partial charge in [0, 0.05) is 25.7 Å². The number of carbonyl (C=O) groups excluding carboxylic acids is 4. The van der Waals surface area contributed by atoms with Gasteiger partial charge in [-0.15, -0.1) is 0 Å². The minimum atomic E-state index is -4.97. The van der Waals surface area contributed by atoms with E-state index in [2.05, 4.69) is 48.5 Å². The van der Waals surface area contributed by atoms with Crippen LogP contribution in [-0.4, -0.2) is 96.7 Å². The summed E-state index contributed by atoms with van der Waals surface area (Å²) in [5, 5.41) is 10.7. The molecule has 0 aliphatic heterocycles. The maximum absolute atomic E-state index is 13.2. The van der Waals surface area contributed by atoms with Crippen LogP contribution in [0, 0.1) is 17.8 Å². The van der Waals surface area contributed by atoms with Crippen molar-refractivity contribution in [3.05, 3.63) is 0 Å². The lowest BCUT2D eigenvalue weighted by molar-refractivity contribution is -0.161. The minimum absolute atomic E-state index is 0.108. The SMILES string of the molecule is CCCCCCCCCC(=O)OC[C@H](COP(=O)(O)OC[C@H](O)COP(=O)(O)OC[C@@H](COC(=O)CCCCCCCCCCCCCCCCCCCCC(C)C)OC(=O)CCCCCCCCCCCCCCCCCCCCC(C)CC)OC(=O)CCCCCCCCCCCCCCCCCC(C)C. The lowest BCUT2D eigenvalue weighted by Gasteiger charge is -2.21. The summed E-state index contributed by atoms with van der Waals surface area (Å²) in [6.45, 7) is 12.1. The second kappa shape index (κ2) is 78.9. The molecule has 642 valence electrons. The molecule has 0 heterocycles. The quantitative estimate of drug-likeness (QED) is 0.0222. The monoisotopic (exact) mass is 1580 g/mol. The Morgan fingerprint density at radius 3 is 0.704 bits per heavy atom. The van der Waals surface area contributed by atoms with Gasteiger partial charge in [0.1, 0.15) is 19.3 Å². The van der Waals surface area contributed by atoms with Crippen molar-refractivity contribution in [2.45, 2.75) is 491 Å². The lowest BCUT2D eigenvalue weighted by atomic mass is 9.99. The Bertz CT molecular complexity index is 2080. The average molecular weight is 1580 g/mol. The molecule has 17 nitrogen and oxygen atoms in total. The summed E-state index contributed by atoms with van der Waals surface area (Å²) in [6.07, 6.45) is 71.1. The summed E-state index contributed by atoms with van der Waals surface area (Å²) >= 11 is 0. The molecule has 0 aliphatic carbocycles. The first-order valence-electron chi connectivity index (χ1n) is 45.9. The number of unbranched alkanes of at least 4 members (excludes halogenated alkanes) is 54. The van der Waals surface area contributed by atoms with Gasteiger partial charge in [0.05, 0.1) is 26.4 Å². The van der Waals surface area contributed by atoms with Gasteiger partial charge < -0.3 is 33.8 Å². The summed E-state index contributed by atoms with van der Waals surface area (Å²) in [5.74, 6) is 0.391. The molecule has 0 aromatic carbocycles. The molecule has 0 amide bonds. The van der Waals surface area contributed by atoms with E-state index in [0.29, 0.717) is 25.7 Å². The van der Waals surface area contributed by atoms with Gasteiger partial charge in [-0.05, 0) is 43.4 Å². The first kappa shape index (κ1) is 106. The predicted molar refractivity (Wildman–Crippen MR) is 446 cm³/mol. The van der Waals surface area contributed by atoms with Gasteiger partial charge in [-0.2, -0.15) is 0 Å². The molecule has 108 heavy (non-hydrogen) atoms. The molecule has 0 rings (SSSR count). The van der Waals surface area contributed by atoms with E-state index in [0.717, 1.165) is 120 Å². The van der Waals surface area contributed by atoms with E-state index in [9.17, 15) is 43.2 Å². The third-order valence-corrected chi connectivity index (χ3v) is 23.1. The summed E-state index contributed by atoms with van der Waals surface area (Å²) in [5.41, 5.74) is 0. The fraction of sp³-hybridized carbons (Fsp3) is 0.955. The van der Waals surface area contributed by atoms with Crippen LogP contribution in [0.4, 0.5) is 0 Å². The molecule has 0 saturated heterocycles. The van der Waals surface area contributed by atoms with Crippen LogP contribution in [0.25, 0.3) is 0 Å². The van der Waals surface area contributed by atoms with Gasteiger partial charge in [-0.3, -0.25) is 37.3 Å². The van der Waals surface area contributed by atoms with E-state index in [1.54, 1.807) is 0 Å². The van der Waals surface area contributed by atoms with E-state index in [1.807, 2.05) is 0 Å². The molecule has 3 unspecified atom stereocenters. The number of ether oxygens (including phenoxy) is 4. The molecular formula is C89H174O17P2. The first-order chi connectivity index (χ1) is 52.3. The second-order valence-electron chi connectivity index (χ2n) is 33.2.